The Bertz CT molecular complexity index is 1070. The number of hydrogen-bond donors (Lipinski definition) is 1. The third-order valence-corrected chi connectivity index (χ3v) is 5.03. The number of pyridine rings is 1. The number of aromatic nitrogens is 2. The van der Waals surface area contributed by atoms with Crippen molar-refractivity contribution in [3.8, 4) is 0 Å². The lowest BCUT2D eigenvalue weighted by Gasteiger charge is -2.18. The summed E-state index contributed by atoms with van der Waals surface area (Å²) in [6.07, 6.45) is 3.98. The van der Waals surface area contributed by atoms with E-state index in [1.807, 2.05) is 32.0 Å². The molecular formula is C22H22N4O3. The smallest absolute Gasteiger partial charge is 0.261 e. The molecule has 0 saturated carbocycles. The summed E-state index contributed by atoms with van der Waals surface area (Å²) < 4.78 is 5.32. The molecule has 4 rings (SSSR count). The van der Waals surface area contributed by atoms with Gasteiger partial charge in [0.15, 0.2) is 5.76 Å². The molecule has 0 spiro atoms. The fraction of sp³-hybridized carbons (Fsp3) is 0.273. The SMILES string of the molecule is Cc1noc(C(C)C)c1C(=O)Nc1ccc2c(c1)N(C(=O)c1cccnc1)CC2. The van der Waals surface area contributed by atoms with Crippen molar-refractivity contribution < 1.29 is 14.1 Å². The third-order valence-electron chi connectivity index (χ3n) is 5.03. The lowest BCUT2D eigenvalue weighted by Crippen LogP contribution is -2.29. The molecule has 7 heteroatoms. The van der Waals surface area contributed by atoms with E-state index >= 15 is 0 Å². The number of fused-ring (bicyclic) bond motifs is 1. The van der Waals surface area contributed by atoms with Gasteiger partial charge in [0, 0.05) is 36.2 Å². The molecule has 2 amide bonds. The van der Waals surface area contributed by atoms with Crippen molar-refractivity contribution in [3.05, 3.63) is 70.9 Å². The van der Waals surface area contributed by atoms with Crippen LogP contribution in [0, 0.1) is 6.92 Å². The number of carbonyl (C=O) groups is 2. The zero-order valence-electron chi connectivity index (χ0n) is 16.6. The van der Waals surface area contributed by atoms with Crippen LogP contribution < -0.4 is 10.2 Å². The van der Waals surface area contributed by atoms with Crippen molar-refractivity contribution in [2.45, 2.75) is 33.1 Å². The monoisotopic (exact) mass is 390 g/mol. The molecule has 2 aromatic heterocycles. The molecule has 1 aromatic carbocycles. The van der Waals surface area contributed by atoms with Crippen LogP contribution in [0.4, 0.5) is 11.4 Å². The number of benzene rings is 1. The van der Waals surface area contributed by atoms with Crippen LogP contribution in [-0.2, 0) is 6.42 Å². The van der Waals surface area contributed by atoms with Gasteiger partial charge in [-0.2, -0.15) is 0 Å². The Balaban J connectivity index is 1.60. The lowest BCUT2D eigenvalue weighted by molar-refractivity contribution is 0.0987. The first-order valence-corrected chi connectivity index (χ1v) is 9.58. The van der Waals surface area contributed by atoms with Gasteiger partial charge in [0.1, 0.15) is 5.56 Å². The predicted molar refractivity (Wildman–Crippen MR) is 109 cm³/mol. The van der Waals surface area contributed by atoms with Gasteiger partial charge in [0.25, 0.3) is 11.8 Å². The van der Waals surface area contributed by atoms with Crippen LogP contribution in [0.5, 0.6) is 0 Å². The van der Waals surface area contributed by atoms with Crippen molar-refractivity contribution in [1.29, 1.82) is 0 Å². The number of aryl methyl sites for hydroxylation is 1. The summed E-state index contributed by atoms with van der Waals surface area (Å²) in [7, 11) is 0. The Kier molecular flexibility index (Phi) is 4.88. The summed E-state index contributed by atoms with van der Waals surface area (Å²) in [6, 6.07) is 9.14. The number of anilines is 2. The molecule has 7 nitrogen and oxygen atoms in total. The molecule has 1 N–H and O–H groups in total. The maximum Gasteiger partial charge on any atom is 0.261 e. The predicted octanol–water partition coefficient (Wildman–Crippen LogP) is 3.96. The maximum atomic E-state index is 12.9. The average molecular weight is 390 g/mol. The highest BCUT2D eigenvalue weighted by atomic mass is 16.5. The van der Waals surface area contributed by atoms with Crippen molar-refractivity contribution in [2.75, 3.05) is 16.8 Å². The number of amides is 2. The summed E-state index contributed by atoms with van der Waals surface area (Å²) in [5.74, 6) is 0.243. The average Bonchev–Trinajstić information content (AvgIpc) is 3.31. The quantitative estimate of drug-likeness (QED) is 0.728. The second-order valence-electron chi connectivity index (χ2n) is 7.41. The van der Waals surface area contributed by atoms with E-state index in [0.717, 1.165) is 17.7 Å². The summed E-state index contributed by atoms with van der Waals surface area (Å²) in [5, 5.41) is 6.85. The van der Waals surface area contributed by atoms with E-state index < -0.39 is 0 Å². The highest BCUT2D eigenvalue weighted by Crippen LogP contribution is 2.32. The molecule has 0 fully saturated rings. The van der Waals surface area contributed by atoms with Gasteiger partial charge in [0.05, 0.1) is 11.3 Å². The van der Waals surface area contributed by atoms with Crippen LogP contribution >= 0.6 is 0 Å². The minimum absolute atomic E-state index is 0.0459. The number of rotatable bonds is 4. The van der Waals surface area contributed by atoms with E-state index in [1.54, 1.807) is 36.4 Å². The van der Waals surface area contributed by atoms with Crippen LogP contribution in [0.2, 0.25) is 0 Å². The summed E-state index contributed by atoms with van der Waals surface area (Å²) >= 11 is 0. The fourth-order valence-corrected chi connectivity index (χ4v) is 3.56. The fourth-order valence-electron chi connectivity index (χ4n) is 3.56. The van der Waals surface area contributed by atoms with Gasteiger partial charge < -0.3 is 14.7 Å². The number of hydrogen-bond acceptors (Lipinski definition) is 5. The highest BCUT2D eigenvalue weighted by molar-refractivity contribution is 6.09. The van der Waals surface area contributed by atoms with Gasteiger partial charge in [-0.15, -0.1) is 0 Å². The van der Waals surface area contributed by atoms with Crippen LogP contribution in [0.15, 0.2) is 47.2 Å². The van der Waals surface area contributed by atoms with Gasteiger partial charge in [-0.05, 0) is 43.2 Å². The molecule has 148 valence electrons. The molecule has 0 bridgehead atoms. The molecule has 0 unspecified atom stereocenters. The Morgan fingerprint density at radius 1 is 1.24 bits per heavy atom. The summed E-state index contributed by atoms with van der Waals surface area (Å²) in [4.78, 5) is 31.5. The Morgan fingerprint density at radius 3 is 2.79 bits per heavy atom. The Hall–Kier alpha value is -3.48. The zero-order chi connectivity index (χ0) is 20.5. The van der Waals surface area contributed by atoms with Gasteiger partial charge >= 0.3 is 0 Å². The van der Waals surface area contributed by atoms with E-state index in [-0.39, 0.29) is 17.7 Å². The minimum Gasteiger partial charge on any atom is -0.360 e. The second kappa shape index (κ2) is 7.50. The topological polar surface area (TPSA) is 88.3 Å². The van der Waals surface area contributed by atoms with E-state index in [9.17, 15) is 9.59 Å². The van der Waals surface area contributed by atoms with Crippen LogP contribution in [-0.4, -0.2) is 28.5 Å². The highest BCUT2D eigenvalue weighted by Gasteiger charge is 2.27. The number of nitrogens with one attached hydrogen (secondary N) is 1. The van der Waals surface area contributed by atoms with Gasteiger partial charge in [-0.3, -0.25) is 14.6 Å². The zero-order valence-corrected chi connectivity index (χ0v) is 16.6. The normalized spacial score (nSPS) is 12.9. The van der Waals surface area contributed by atoms with E-state index in [1.165, 1.54) is 0 Å². The molecule has 29 heavy (non-hydrogen) atoms. The second-order valence-corrected chi connectivity index (χ2v) is 7.41. The first kappa shape index (κ1) is 18.9. The van der Waals surface area contributed by atoms with E-state index in [0.29, 0.717) is 34.8 Å². The van der Waals surface area contributed by atoms with E-state index in [4.69, 9.17) is 4.52 Å². The molecule has 0 aliphatic carbocycles. The van der Waals surface area contributed by atoms with Crippen LogP contribution in [0.25, 0.3) is 0 Å². The lowest BCUT2D eigenvalue weighted by atomic mass is 10.0. The standard InChI is InChI=1S/C22H22N4O3/c1-13(2)20-19(14(3)25-29-20)21(27)24-17-7-6-15-8-10-26(18(15)11-17)22(28)16-5-4-9-23-12-16/h4-7,9,11-13H,8,10H2,1-3H3,(H,24,27). The van der Waals surface area contributed by atoms with Gasteiger partial charge in [0.2, 0.25) is 0 Å². The van der Waals surface area contributed by atoms with Crippen molar-refractivity contribution in [3.63, 3.8) is 0 Å². The van der Waals surface area contributed by atoms with Crippen molar-refractivity contribution >= 4 is 23.2 Å². The van der Waals surface area contributed by atoms with E-state index in [2.05, 4.69) is 15.5 Å². The van der Waals surface area contributed by atoms with Crippen LogP contribution in [0.1, 0.15) is 57.5 Å². The minimum atomic E-state index is -0.268. The Labute approximate surface area is 168 Å². The third kappa shape index (κ3) is 3.51. The molecule has 1 aliphatic rings. The van der Waals surface area contributed by atoms with Crippen molar-refractivity contribution in [1.82, 2.24) is 10.1 Å². The molecule has 0 radical (unpaired) electrons. The summed E-state index contributed by atoms with van der Waals surface area (Å²) in [5.41, 5.74) is 4.06. The number of nitrogens with zero attached hydrogens (tertiary/aromatic N) is 3. The molecule has 0 atom stereocenters. The number of carbonyl (C=O) groups excluding carboxylic acids is 2. The summed E-state index contributed by atoms with van der Waals surface area (Å²) in [6.45, 7) is 6.26. The molecule has 3 aromatic rings. The molecule has 0 saturated heterocycles. The maximum absolute atomic E-state index is 12.9. The molecular weight excluding hydrogens is 368 g/mol. The van der Waals surface area contributed by atoms with Crippen molar-refractivity contribution in [2.24, 2.45) is 0 Å². The van der Waals surface area contributed by atoms with Crippen LogP contribution in [0.3, 0.4) is 0 Å². The Morgan fingerprint density at radius 2 is 2.07 bits per heavy atom. The molecule has 1 aliphatic heterocycles. The molecule has 3 heterocycles. The van der Waals surface area contributed by atoms with Gasteiger partial charge in [-0.1, -0.05) is 25.1 Å². The first-order valence-electron chi connectivity index (χ1n) is 9.58. The van der Waals surface area contributed by atoms with Gasteiger partial charge in [-0.25, -0.2) is 0 Å². The largest absolute Gasteiger partial charge is 0.360 e. The first-order chi connectivity index (χ1) is 14.0.